The van der Waals surface area contributed by atoms with Crippen molar-refractivity contribution in [2.24, 2.45) is 0 Å². The van der Waals surface area contributed by atoms with Crippen LogP contribution < -0.4 is 16.0 Å². The minimum Gasteiger partial charge on any atom is -0.347 e. The number of rotatable bonds is 6. The summed E-state index contributed by atoms with van der Waals surface area (Å²) in [5, 5.41) is 13.8. The molecule has 0 atom stereocenters. The molecule has 0 bridgehead atoms. The Morgan fingerprint density at radius 3 is 2.48 bits per heavy atom. The van der Waals surface area contributed by atoms with Crippen LogP contribution in [0.2, 0.25) is 5.02 Å². The summed E-state index contributed by atoms with van der Waals surface area (Å²) in [4.78, 5) is 37.8. The molecule has 1 heterocycles. The Morgan fingerprint density at radius 1 is 1.03 bits per heavy atom. The van der Waals surface area contributed by atoms with Gasteiger partial charge < -0.3 is 20.9 Å². The number of hydrogen-bond acceptors (Lipinski definition) is 4. The Labute approximate surface area is 192 Å². The van der Waals surface area contributed by atoms with E-state index in [1.54, 1.807) is 38.4 Å². The molecule has 0 aliphatic rings. The topological polar surface area (TPSA) is 119 Å². The van der Waals surface area contributed by atoms with Crippen LogP contribution in [-0.2, 0) is 6.54 Å². The first-order valence-electron chi connectivity index (χ1n) is 9.51. The van der Waals surface area contributed by atoms with Gasteiger partial charge in [0.2, 0.25) is 0 Å². The van der Waals surface area contributed by atoms with E-state index in [9.17, 15) is 23.2 Å². The molecule has 0 fully saturated rings. The van der Waals surface area contributed by atoms with Crippen molar-refractivity contribution in [2.75, 3.05) is 24.7 Å². The van der Waals surface area contributed by atoms with Crippen LogP contribution in [0.1, 0.15) is 26.4 Å². The van der Waals surface area contributed by atoms with Crippen molar-refractivity contribution in [3.63, 3.8) is 0 Å². The van der Waals surface area contributed by atoms with Crippen LogP contribution >= 0.6 is 11.6 Å². The van der Waals surface area contributed by atoms with E-state index in [0.717, 1.165) is 5.56 Å². The number of anilines is 2. The first kappa shape index (κ1) is 23.7. The van der Waals surface area contributed by atoms with E-state index in [1.165, 1.54) is 11.0 Å². The van der Waals surface area contributed by atoms with E-state index in [-0.39, 0.29) is 34.7 Å². The van der Waals surface area contributed by atoms with Gasteiger partial charge in [0, 0.05) is 32.4 Å². The lowest BCUT2D eigenvalue weighted by Gasteiger charge is -2.12. The minimum absolute atomic E-state index is 0.0150. The van der Waals surface area contributed by atoms with Gasteiger partial charge in [-0.15, -0.1) is 0 Å². The van der Waals surface area contributed by atoms with Crippen LogP contribution in [-0.4, -0.2) is 47.0 Å². The van der Waals surface area contributed by atoms with E-state index in [1.807, 2.05) is 0 Å². The highest BCUT2D eigenvalue weighted by atomic mass is 35.5. The number of halogens is 3. The minimum atomic E-state index is -1.22. The lowest BCUT2D eigenvalue weighted by molar-refractivity contribution is 0.0945. The van der Waals surface area contributed by atoms with Gasteiger partial charge in [0.25, 0.3) is 11.8 Å². The SMILES string of the molecule is CN(C)C(=O)Nc1cccc(CNC(=O)c2cc(NC(=O)c3cc(F)c(F)cc3Cl)[nH]n2)c1. The van der Waals surface area contributed by atoms with Crippen LogP contribution in [0.15, 0.2) is 42.5 Å². The highest BCUT2D eigenvalue weighted by Gasteiger charge is 2.17. The van der Waals surface area contributed by atoms with Gasteiger partial charge in [0.1, 0.15) is 5.82 Å². The maximum atomic E-state index is 13.4. The number of H-pyrrole nitrogens is 1. The molecule has 2 aromatic carbocycles. The predicted octanol–water partition coefficient (Wildman–Crippen LogP) is 3.62. The largest absolute Gasteiger partial charge is 0.347 e. The van der Waals surface area contributed by atoms with Crippen LogP contribution in [0, 0.1) is 11.6 Å². The number of nitrogens with zero attached hydrogens (tertiary/aromatic N) is 2. The van der Waals surface area contributed by atoms with E-state index < -0.39 is 23.4 Å². The second kappa shape index (κ2) is 10.1. The number of nitrogens with one attached hydrogen (secondary N) is 4. The third kappa shape index (κ3) is 6.04. The fourth-order valence-corrected chi connectivity index (χ4v) is 2.89. The van der Waals surface area contributed by atoms with E-state index in [4.69, 9.17) is 11.6 Å². The quantitative estimate of drug-likeness (QED) is 0.406. The fourth-order valence-electron chi connectivity index (χ4n) is 2.66. The van der Waals surface area contributed by atoms with E-state index >= 15 is 0 Å². The fraction of sp³-hybridized carbons (Fsp3) is 0.143. The van der Waals surface area contributed by atoms with Gasteiger partial charge in [-0.25, -0.2) is 13.6 Å². The Kier molecular flexibility index (Phi) is 7.23. The van der Waals surface area contributed by atoms with Gasteiger partial charge in [-0.05, 0) is 29.8 Å². The summed E-state index contributed by atoms with van der Waals surface area (Å²) in [5.74, 6) is -3.69. The molecule has 0 aliphatic carbocycles. The molecule has 4 amide bonds. The normalized spacial score (nSPS) is 10.5. The summed E-state index contributed by atoms with van der Waals surface area (Å²) in [5.41, 5.74) is 1.01. The van der Waals surface area contributed by atoms with Crippen molar-refractivity contribution in [3.05, 3.63) is 75.9 Å². The lowest BCUT2D eigenvalue weighted by Crippen LogP contribution is -2.27. The number of aromatic amines is 1. The van der Waals surface area contributed by atoms with E-state index in [2.05, 4.69) is 26.1 Å². The number of carbonyl (C=O) groups excluding carboxylic acids is 3. The molecule has 0 saturated heterocycles. The van der Waals surface area contributed by atoms with Crippen LogP contribution in [0.25, 0.3) is 0 Å². The van der Waals surface area contributed by atoms with Gasteiger partial charge in [-0.2, -0.15) is 5.10 Å². The third-order valence-electron chi connectivity index (χ3n) is 4.35. The monoisotopic (exact) mass is 476 g/mol. The molecule has 3 aromatic rings. The second-order valence-corrected chi connectivity index (χ2v) is 7.48. The van der Waals surface area contributed by atoms with Crippen molar-refractivity contribution >= 4 is 41.0 Å². The summed E-state index contributed by atoms with van der Waals surface area (Å²) in [7, 11) is 3.24. The average Bonchev–Trinajstić information content (AvgIpc) is 3.23. The summed E-state index contributed by atoms with van der Waals surface area (Å²) < 4.78 is 26.6. The zero-order valence-corrected chi connectivity index (χ0v) is 18.3. The molecule has 172 valence electrons. The van der Waals surface area contributed by atoms with Crippen LogP contribution in [0.4, 0.5) is 25.1 Å². The predicted molar refractivity (Wildman–Crippen MR) is 118 cm³/mol. The lowest BCUT2D eigenvalue weighted by atomic mass is 10.2. The first-order chi connectivity index (χ1) is 15.6. The number of aromatic nitrogens is 2. The molecule has 0 unspecified atom stereocenters. The summed E-state index contributed by atoms with van der Waals surface area (Å²) in [6, 6.07) is 9.29. The van der Waals surface area contributed by atoms with Gasteiger partial charge in [0.15, 0.2) is 17.3 Å². The van der Waals surface area contributed by atoms with Gasteiger partial charge in [0.05, 0.1) is 10.6 Å². The Hall–Kier alpha value is -3.99. The molecule has 0 radical (unpaired) electrons. The molecule has 4 N–H and O–H groups in total. The van der Waals surface area contributed by atoms with Gasteiger partial charge in [-0.3, -0.25) is 14.7 Å². The third-order valence-corrected chi connectivity index (χ3v) is 4.66. The number of hydrogen-bond donors (Lipinski definition) is 4. The number of carbonyl (C=O) groups is 3. The van der Waals surface area contributed by atoms with Crippen molar-refractivity contribution in [3.8, 4) is 0 Å². The summed E-state index contributed by atoms with van der Waals surface area (Å²) >= 11 is 5.79. The van der Waals surface area contributed by atoms with Crippen molar-refractivity contribution in [2.45, 2.75) is 6.54 Å². The Bertz CT molecular complexity index is 1210. The zero-order valence-electron chi connectivity index (χ0n) is 17.5. The zero-order chi connectivity index (χ0) is 24.1. The molecule has 0 aliphatic heterocycles. The molecule has 12 heteroatoms. The maximum Gasteiger partial charge on any atom is 0.321 e. The Balaban J connectivity index is 1.60. The highest BCUT2D eigenvalue weighted by Crippen LogP contribution is 2.21. The standard InChI is InChI=1S/C21H19ClF2N6O3/c1-30(2)21(33)26-12-5-3-4-11(6-12)10-25-20(32)17-9-18(29-28-17)27-19(31)13-7-15(23)16(24)8-14(13)22/h3-9H,10H2,1-2H3,(H,25,32)(H,26,33)(H2,27,28,29,31). The van der Waals surface area contributed by atoms with Crippen molar-refractivity contribution in [1.82, 2.24) is 20.4 Å². The molecule has 1 aromatic heterocycles. The molecular formula is C21H19ClF2N6O3. The number of urea groups is 1. The highest BCUT2D eigenvalue weighted by molar-refractivity contribution is 6.34. The van der Waals surface area contributed by atoms with E-state index in [0.29, 0.717) is 17.8 Å². The number of amides is 4. The number of benzene rings is 2. The van der Waals surface area contributed by atoms with Gasteiger partial charge in [-0.1, -0.05) is 23.7 Å². The molecular weight excluding hydrogens is 458 g/mol. The second-order valence-electron chi connectivity index (χ2n) is 7.07. The Morgan fingerprint density at radius 2 is 1.76 bits per heavy atom. The molecule has 0 spiro atoms. The van der Waals surface area contributed by atoms with Crippen LogP contribution in [0.5, 0.6) is 0 Å². The van der Waals surface area contributed by atoms with Crippen molar-refractivity contribution in [1.29, 1.82) is 0 Å². The molecule has 9 nitrogen and oxygen atoms in total. The molecule has 33 heavy (non-hydrogen) atoms. The first-order valence-corrected chi connectivity index (χ1v) is 9.88. The van der Waals surface area contributed by atoms with Crippen molar-refractivity contribution < 1.29 is 23.2 Å². The maximum absolute atomic E-state index is 13.4. The smallest absolute Gasteiger partial charge is 0.321 e. The summed E-state index contributed by atoms with van der Waals surface area (Å²) in [6.45, 7) is 0.156. The summed E-state index contributed by atoms with van der Waals surface area (Å²) in [6.07, 6.45) is 0. The molecule has 3 rings (SSSR count). The average molecular weight is 477 g/mol. The van der Waals surface area contributed by atoms with Crippen LogP contribution in [0.3, 0.4) is 0 Å². The molecule has 0 saturated carbocycles. The van der Waals surface area contributed by atoms with Gasteiger partial charge >= 0.3 is 6.03 Å².